The quantitative estimate of drug-likeness (QED) is 0.608. The average molecular weight is 442 g/mol. The predicted octanol–water partition coefficient (Wildman–Crippen LogP) is 2.71. The lowest BCUT2D eigenvalue weighted by molar-refractivity contribution is -0.125. The normalized spacial score (nSPS) is 18.4. The third kappa shape index (κ3) is 6.10. The first-order valence-electron chi connectivity index (χ1n) is 10.6. The molecule has 1 aromatic heterocycles. The molecule has 4 rings (SSSR count). The minimum Gasteiger partial charge on any atom is -0.497 e. The predicted molar refractivity (Wildman–Crippen MR) is 120 cm³/mol. The molecular weight excluding hydrogens is 414 g/mol. The third-order valence-electron chi connectivity index (χ3n) is 5.39. The molecule has 1 saturated carbocycles. The van der Waals surface area contributed by atoms with Gasteiger partial charge in [0.05, 0.1) is 18.8 Å². The number of carbonyl (C=O) groups excluding carboxylic acids is 2. The standard InChI is InChI=1S/C22H27N5O3S/c1-30-18-8-6-16(7-9-18)23-20(28)14-31-21-11-10-19(25-26-21)27-12-2-3-15(13-27)22(29)24-17-4-5-17/h6-11,15,17H,2-5,12-14H2,1H3,(H,23,28)(H,24,29). The Balaban J connectivity index is 1.25. The van der Waals surface area contributed by atoms with Gasteiger partial charge in [0.2, 0.25) is 11.8 Å². The number of methoxy groups -OCH3 is 1. The van der Waals surface area contributed by atoms with Crippen LogP contribution in [0.2, 0.25) is 0 Å². The number of piperidine rings is 1. The second-order valence-electron chi connectivity index (χ2n) is 7.86. The minimum absolute atomic E-state index is 0.00634. The van der Waals surface area contributed by atoms with Gasteiger partial charge in [0.1, 0.15) is 10.8 Å². The summed E-state index contributed by atoms with van der Waals surface area (Å²) < 4.78 is 5.11. The Hall–Kier alpha value is -2.81. The molecule has 0 radical (unpaired) electrons. The van der Waals surface area contributed by atoms with Crippen molar-refractivity contribution in [2.75, 3.05) is 36.2 Å². The zero-order valence-electron chi connectivity index (χ0n) is 17.5. The zero-order chi connectivity index (χ0) is 21.6. The average Bonchev–Trinajstić information content (AvgIpc) is 3.63. The lowest BCUT2D eigenvalue weighted by atomic mass is 9.97. The molecule has 0 bridgehead atoms. The van der Waals surface area contributed by atoms with Crippen LogP contribution in [0.15, 0.2) is 41.4 Å². The first-order valence-corrected chi connectivity index (χ1v) is 11.5. The van der Waals surface area contributed by atoms with Crippen molar-refractivity contribution in [2.24, 2.45) is 5.92 Å². The fourth-order valence-corrected chi connectivity index (χ4v) is 4.13. The van der Waals surface area contributed by atoms with Crippen LogP contribution in [0.3, 0.4) is 0 Å². The Morgan fingerprint density at radius 2 is 1.94 bits per heavy atom. The molecule has 1 aromatic carbocycles. The Bertz CT molecular complexity index is 902. The van der Waals surface area contributed by atoms with Crippen molar-refractivity contribution >= 4 is 35.1 Å². The molecule has 164 valence electrons. The number of carbonyl (C=O) groups is 2. The van der Waals surface area contributed by atoms with Crippen LogP contribution in [-0.4, -0.2) is 54.0 Å². The molecule has 8 nitrogen and oxygen atoms in total. The third-order valence-corrected chi connectivity index (χ3v) is 6.31. The van der Waals surface area contributed by atoms with Crippen LogP contribution in [0.4, 0.5) is 11.5 Å². The number of aromatic nitrogens is 2. The van der Waals surface area contributed by atoms with Gasteiger partial charge in [-0.15, -0.1) is 10.2 Å². The van der Waals surface area contributed by atoms with E-state index in [4.69, 9.17) is 4.74 Å². The van der Waals surface area contributed by atoms with E-state index in [0.717, 1.165) is 49.5 Å². The fraction of sp³-hybridized carbons (Fsp3) is 0.455. The van der Waals surface area contributed by atoms with Crippen LogP contribution in [0.25, 0.3) is 0 Å². The highest BCUT2D eigenvalue weighted by atomic mass is 32.2. The number of benzene rings is 1. The van der Waals surface area contributed by atoms with Crippen LogP contribution in [-0.2, 0) is 9.59 Å². The summed E-state index contributed by atoms with van der Waals surface area (Å²) in [6.45, 7) is 1.54. The van der Waals surface area contributed by atoms with Gasteiger partial charge in [-0.05, 0) is 62.1 Å². The summed E-state index contributed by atoms with van der Waals surface area (Å²) in [5.41, 5.74) is 0.721. The van der Waals surface area contributed by atoms with E-state index in [9.17, 15) is 9.59 Å². The van der Waals surface area contributed by atoms with Crippen molar-refractivity contribution in [2.45, 2.75) is 36.8 Å². The molecule has 2 heterocycles. The Morgan fingerprint density at radius 1 is 1.13 bits per heavy atom. The summed E-state index contributed by atoms with van der Waals surface area (Å²) in [5.74, 6) is 1.82. The monoisotopic (exact) mass is 441 g/mol. The smallest absolute Gasteiger partial charge is 0.234 e. The molecule has 31 heavy (non-hydrogen) atoms. The number of anilines is 2. The molecule has 2 aliphatic rings. The second-order valence-corrected chi connectivity index (χ2v) is 8.86. The van der Waals surface area contributed by atoms with Crippen LogP contribution >= 0.6 is 11.8 Å². The molecule has 2 N–H and O–H groups in total. The topological polar surface area (TPSA) is 96.5 Å². The summed E-state index contributed by atoms with van der Waals surface area (Å²) in [5, 5.41) is 15.2. The van der Waals surface area contributed by atoms with Gasteiger partial charge in [0, 0.05) is 24.8 Å². The van der Waals surface area contributed by atoms with Gasteiger partial charge in [0.25, 0.3) is 0 Å². The van der Waals surface area contributed by atoms with Crippen molar-refractivity contribution in [3.8, 4) is 5.75 Å². The highest BCUT2D eigenvalue weighted by Crippen LogP contribution is 2.25. The van der Waals surface area contributed by atoms with Crippen LogP contribution in [0.5, 0.6) is 5.75 Å². The highest BCUT2D eigenvalue weighted by molar-refractivity contribution is 7.99. The van der Waals surface area contributed by atoms with E-state index < -0.39 is 0 Å². The molecule has 1 saturated heterocycles. The number of nitrogens with one attached hydrogen (secondary N) is 2. The van der Waals surface area contributed by atoms with Crippen molar-refractivity contribution in [3.63, 3.8) is 0 Å². The number of rotatable bonds is 8. The molecular formula is C22H27N5O3S. The zero-order valence-corrected chi connectivity index (χ0v) is 18.4. The van der Waals surface area contributed by atoms with Crippen molar-refractivity contribution in [1.82, 2.24) is 15.5 Å². The SMILES string of the molecule is COc1ccc(NC(=O)CSc2ccc(N3CCCC(C(=O)NC4CC4)C3)nn2)cc1. The molecule has 2 amide bonds. The lowest BCUT2D eigenvalue weighted by Crippen LogP contribution is -2.44. The number of thioether (sulfide) groups is 1. The molecule has 1 aliphatic heterocycles. The largest absolute Gasteiger partial charge is 0.497 e. The van der Waals surface area contributed by atoms with Gasteiger partial charge >= 0.3 is 0 Å². The lowest BCUT2D eigenvalue weighted by Gasteiger charge is -2.32. The maximum Gasteiger partial charge on any atom is 0.234 e. The molecule has 1 aliphatic carbocycles. The van der Waals surface area contributed by atoms with Gasteiger partial charge in [-0.2, -0.15) is 0 Å². The van der Waals surface area contributed by atoms with Gasteiger partial charge < -0.3 is 20.3 Å². The first-order chi connectivity index (χ1) is 15.1. The highest BCUT2D eigenvalue weighted by Gasteiger charge is 2.30. The van der Waals surface area contributed by atoms with E-state index in [1.807, 2.05) is 12.1 Å². The fourth-order valence-electron chi connectivity index (χ4n) is 3.52. The molecule has 9 heteroatoms. The van der Waals surface area contributed by atoms with Gasteiger partial charge in [-0.3, -0.25) is 9.59 Å². The van der Waals surface area contributed by atoms with E-state index >= 15 is 0 Å². The minimum atomic E-state index is -0.110. The summed E-state index contributed by atoms with van der Waals surface area (Å²) in [4.78, 5) is 26.7. The van der Waals surface area contributed by atoms with Crippen molar-refractivity contribution < 1.29 is 14.3 Å². The summed E-state index contributed by atoms with van der Waals surface area (Å²) in [6.07, 6.45) is 4.09. The molecule has 2 aromatic rings. The molecule has 1 unspecified atom stereocenters. The maximum atomic E-state index is 12.4. The van der Waals surface area contributed by atoms with E-state index in [1.54, 1.807) is 31.4 Å². The van der Waals surface area contributed by atoms with E-state index in [1.165, 1.54) is 11.8 Å². The van der Waals surface area contributed by atoms with Gasteiger partial charge in [-0.1, -0.05) is 11.8 Å². The first kappa shape index (κ1) is 21.4. The van der Waals surface area contributed by atoms with E-state index in [2.05, 4.69) is 25.7 Å². The van der Waals surface area contributed by atoms with Crippen molar-refractivity contribution in [3.05, 3.63) is 36.4 Å². The number of nitrogens with zero attached hydrogens (tertiary/aromatic N) is 3. The second kappa shape index (κ2) is 10.00. The van der Waals surface area contributed by atoms with Crippen molar-refractivity contribution in [1.29, 1.82) is 0 Å². The molecule has 1 atom stereocenters. The number of hydrogen-bond donors (Lipinski definition) is 2. The number of ether oxygens (including phenoxy) is 1. The van der Waals surface area contributed by atoms with Gasteiger partial charge in [0.15, 0.2) is 5.82 Å². The van der Waals surface area contributed by atoms with Gasteiger partial charge in [-0.25, -0.2) is 0 Å². The maximum absolute atomic E-state index is 12.4. The number of amides is 2. The Labute approximate surface area is 186 Å². The Morgan fingerprint density at radius 3 is 2.61 bits per heavy atom. The Kier molecular flexibility index (Phi) is 6.91. The summed E-state index contributed by atoms with van der Waals surface area (Å²) in [7, 11) is 1.60. The van der Waals surface area contributed by atoms with Crippen LogP contribution in [0.1, 0.15) is 25.7 Å². The number of hydrogen-bond acceptors (Lipinski definition) is 7. The van der Waals surface area contributed by atoms with Crippen LogP contribution in [0, 0.1) is 5.92 Å². The summed E-state index contributed by atoms with van der Waals surface area (Å²) >= 11 is 1.34. The molecule has 2 fully saturated rings. The summed E-state index contributed by atoms with van der Waals surface area (Å²) in [6, 6.07) is 11.4. The van der Waals surface area contributed by atoms with E-state index in [-0.39, 0.29) is 23.5 Å². The van der Waals surface area contributed by atoms with Crippen LogP contribution < -0.4 is 20.3 Å². The van der Waals surface area contributed by atoms with E-state index in [0.29, 0.717) is 17.6 Å². The molecule has 0 spiro atoms.